The molecule has 0 bridgehead atoms. The number of halogens is 2. The van der Waals surface area contributed by atoms with E-state index in [2.05, 4.69) is 15.9 Å². The molecule has 27 heavy (non-hydrogen) atoms. The monoisotopic (exact) mass is 438 g/mol. The molecule has 0 aromatic heterocycles. The van der Waals surface area contributed by atoms with Crippen LogP contribution >= 0.6 is 15.9 Å². The highest BCUT2D eigenvalue weighted by molar-refractivity contribution is 9.10. The lowest BCUT2D eigenvalue weighted by Crippen LogP contribution is -2.38. The molecule has 0 amide bonds. The number of carbonyl (C=O) groups is 2. The third-order valence-electron chi connectivity index (χ3n) is 3.95. The molecule has 0 saturated carbocycles. The van der Waals surface area contributed by atoms with Gasteiger partial charge in [0, 0.05) is 0 Å². The molecule has 3 rings (SSSR count). The van der Waals surface area contributed by atoms with E-state index in [0.29, 0.717) is 5.56 Å². The van der Waals surface area contributed by atoms with Crippen LogP contribution in [0.1, 0.15) is 20.7 Å². The second kappa shape index (κ2) is 8.16. The minimum Gasteiger partial charge on any atom is -0.459 e. The van der Waals surface area contributed by atoms with Crippen LogP contribution in [0.4, 0.5) is 4.39 Å². The number of ether oxygens (including phenoxy) is 3. The molecule has 1 unspecified atom stereocenters. The highest BCUT2D eigenvalue weighted by atomic mass is 79.9. The summed E-state index contributed by atoms with van der Waals surface area (Å²) in [7, 11) is 0. The van der Waals surface area contributed by atoms with Crippen molar-refractivity contribution in [1.29, 1.82) is 0 Å². The Bertz CT molecular complexity index is 798. The first-order chi connectivity index (χ1) is 12.9. The fourth-order valence-electron chi connectivity index (χ4n) is 2.58. The number of alkyl halides is 2. The zero-order chi connectivity index (χ0) is 19.4. The first kappa shape index (κ1) is 19.5. The molecule has 0 spiro atoms. The lowest BCUT2D eigenvalue weighted by atomic mass is 10.1. The Labute approximate surface area is 163 Å². The number of rotatable bonds is 5. The van der Waals surface area contributed by atoms with Gasteiger partial charge in [0.1, 0.15) is 12.7 Å². The zero-order valence-corrected chi connectivity index (χ0v) is 15.5. The maximum absolute atomic E-state index is 14.5. The van der Waals surface area contributed by atoms with Gasteiger partial charge in [-0.1, -0.05) is 36.4 Å². The SMILES string of the molecule is O=C(OC[C@H]1OC(O)(Br)[C@@H](F)[C@@H]1OC(=O)c1ccccc1)c1ccccc1. The number of hydrogen-bond acceptors (Lipinski definition) is 6. The van der Waals surface area contributed by atoms with Gasteiger partial charge in [0.15, 0.2) is 6.10 Å². The Morgan fingerprint density at radius 1 is 1.04 bits per heavy atom. The van der Waals surface area contributed by atoms with Gasteiger partial charge in [0.05, 0.1) is 11.1 Å². The maximum atomic E-state index is 14.5. The zero-order valence-electron chi connectivity index (χ0n) is 14.0. The fourth-order valence-corrected chi connectivity index (χ4v) is 3.08. The van der Waals surface area contributed by atoms with Gasteiger partial charge >= 0.3 is 11.9 Å². The van der Waals surface area contributed by atoms with Crippen molar-refractivity contribution < 1.29 is 33.3 Å². The molecule has 4 atom stereocenters. The highest BCUT2D eigenvalue weighted by Gasteiger charge is 2.56. The van der Waals surface area contributed by atoms with Crippen molar-refractivity contribution in [1.82, 2.24) is 0 Å². The molecule has 1 aliphatic heterocycles. The molecule has 1 N–H and O–H groups in total. The van der Waals surface area contributed by atoms with Crippen LogP contribution in [0.15, 0.2) is 60.7 Å². The summed E-state index contributed by atoms with van der Waals surface area (Å²) in [5, 5.41) is 9.96. The first-order valence-corrected chi connectivity index (χ1v) is 8.89. The molecular weight excluding hydrogens is 423 g/mol. The van der Waals surface area contributed by atoms with Crippen LogP contribution in [0.5, 0.6) is 0 Å². The van der Waals surface area contributed by atoms with Gasteiger partial charge in [0.2, 0.25) is 6.17 Å². The van der Waals surface area contributed by atoms with E-state index >= 15 is 0 Å². The molecule has 1 fully saturated rings. The van der Waals surface area contributed by atoms with Crippen LogP contribution in [-0.2, 0) is 14.2 Å². The Kier molecular flexibility index (Phi) is 5.88. The number of carbonyl (C=O) groups excluding carboxylic acids is 2. The van der Waals surface area contributed by atoms with Gasteiger partial charge in [-0.2, -0.15) is 0 Å². The van der Waals surface area contributed by atoms with E-state index in [1.807, 2.05) is 0 Å². The summed E-state index contributed by atoms with van der Waals surface area (Å²) in [6, 6.07) is 16.2. The van der Waals surface area contributed by atoms with Crippen molar-refractivity contribution in [2.24, 2.45) is 0 Å². The van der Waals surface area contributed by atoms with Gasteiger partial charge in [-0.05, 0) is 40.2 Å². The van der Waals surface area contributed by atoms with Gasteiger partial charge in [-0.25, -0.2) is 14.0 Å². The summed E-state index contributed by atoms with van der Waals surface area (Å²) in [6.07, 6.45) is -4.74. The molecule has 0 aliphatic carbocycles. The molecule has 2 aromatic rings. The van der Waals surface area contributed by atoms with E-state index < -0.39 is 41.6 Å². The lowest BCUT2D eigenvalue weighted by Gasteiger charge is -2.19. The first-order valence-electron chi connectivity index (χ1n) is 8.10. The second-order valence-corrected chi connectivity index (χ2v) is 7.00. The third-order valence-corrected chi connectivity index (χ3v) is 4.58. The summed E-state index contributed by atoms with van der Waals surface area (Å²) in [5.74, 6) is -1.43. The van der Waals surface area contributed by atoms with E-state index in [0.717, 1.165) is 0 Å². The molecule has 8 heteroatoms. The van der Waals surface area contributed by atoms with E-state index in [1.165, 1.54) is 12.1 Å². The third kappa shape index (κ3) is 4.52. The van der Waals surface area contributed by atoms with Gasteiger partial charge in [-0.3, -0.25) is 0 Å². The van der Waals surface area contributed by atoms with Crippen molar-refractivity contribution in [3.05, 3.63) is 71.8 Å². The van der Waals surface area contributed by atoms with Crippen LogP contribution in [0.2, 0.25) is 0 Å². The lowest BCUT2D eigenvalue weighted by molar-refractivity contribution is -0.144. The van der Waals surface area contributed by atoms with Gasteiger partial charge in [-0.15, -0.1) is 0 Å². The van der Waals surface area contributed by atoms with Crippen LogP contribution in [-0.4, -0.2) is 46.7 Å². The molecule has 2 aromatic carbocycles. The number of esters is 2. The van der Waals surface area contributed by atoms with Gasteiger partial charge in [0.25, 0.3) is 4.70 Å². The second-order valence-electron chi connectivity index (χ2n) is 5.87. The number of benzene rings is 2. The summed E-state index contributed by atoms with van der Waals surface area (Å²) in [6.45, 7) is -0.408. The molecule has 142 valence electrons. The molecule has 6 nitrogen and oxygen atoms in total. The Morgan fingerprint density at radius 3 is 2.11 bits per heavy atom. The van der Waals surface area contributed by atoms with Crippen molar-refractivity contribution in [3.63, 3.8) is 0 Å². The predicted octanol–water partition coefficient (Wildman–Crippen LogP) is 2.85. The Morgan fingerprint density at radius 2 is 1.56 bits per heavy atom. The molecule has 1 aliphatic rings. The summed E-state index contributed by atoms with van der Waals surface area (Å²) in [4.78, 5) is 24.3. The molecule has 1 saturated heterocycles. The molecule has 1 heterocycles. The van der Waals surface area contributed by atoms with Crippen LogP contribution in [0.25, 0.3) is 0 Å². The molecule has 0 radical (unpaired) electrons. The van der Waals surface area contributed by atoms with Crippen LogP contribution < -0.4 is 0 Å². The topological polar surface area (TPSA) is 82.1 Å². The fraction of sp³-hybridized carbons (Fsp3) is 0.263. The quantitative estimate of drug-likeness (QED) is 0.570. The Hall–Kier alpha value is -2.29. The number of hydrogen-bond donors (Lipinski definition) is 1. The van der Waals surface area contributed by atoms with E-state index in [1.54, 1.807) is 48.5 Å². The Balaban J connectivity index is 1.68. The standard InChI is InChI=1S/C19H16BrFO6/c20-19(24)16(21)15(26-18(23)13-9-5-2-6-10-13)14(27-19)11-25-17(22)12-7-3-1-4-8-12/h1-10,14-16,24H,11H2/t14-,15-,16+,19?/m1/s1. The predicted molar refractivity (Wildman–Crippen MR) is 96.0 cm³/mol. The minimum atomic E-state index is -2.35. The van der Waals surface area contributed by atoms with Crippen molar-refractivity contribution in [3.8, 4) is 0 Å². The normalized spacial score (nSPS) is 27.1. The summed E-state index contributed by atoms with van der Waals surface area (Å²) < 4.78 is 27.6. The van der Waals surface area contributed by atoms with E-state index in [9.17, 15) is 19.1 Å². The number of aliphatic hydroxyl groups is 1. The largest absolute Gasteiger partial charge is 0.459 e. The van der Waals surface area contributed by atoms with Crippen LogP contribution in [0.3, 0.4) is 0 Å². The van der Waals surface area contributed by atoms with Crippen molar-refractivity contribution in [2.75, 3.05) is 6.61 Å². The maximum Gasteiger partial charge on any atom is 0.338 e. The van der Waals surface area contributed by atoms with E-state index in [-0.39, 0.29) is 5.56 Å². The van der Waals surface area contributed by atoms with Crippen molar-refractivity contribution >= 4 is 27.9 Å². The van der Waals surface area contributed by atoms with Crippen LogP contribution in [0, 0.1) is 0 Å². The van der Waals surface area contributed by atoms with Crippen molar-refractivity contribution in [2.45, 2.75) is 23.1 Å². The molecular formula is C19H16BrFO6. The summed E-state index contributed by atoms with van der Waals surface area (Å²) >= 11 is 2.71. The van der Waals surface area contributed by atoms with Gasteiger partial charge < -0.3 is 19.3 Å². The smallest absolute Gasteiger partial charge is 0.338 e. The summed E-state index contributed by atoms with van der Waals surface area (Å²) in [5.41, 5.74) is 0.522. The highest BCUT2D eigenvalue weighted by Crippen LogP contribution is 2.38. The average Bonchev–Trinajstić information content (AvgIpc) is 2.90. The van der Waals surface area contributed by atoms with E-state index in [4.69, 9.17) is 14.2 Å². The average molecular weight is 439 g/mol. The minimum absolute atomic E-state index is 0.217.